The minimum absolute atomic E-state index is 0.0504. The molecule has 0 spiro atoms. The fraction of sp³-hybridized carbons (Fsp3) is 0.609. The highest BCUT2D eigenvalue weighted by atomic mass is 32.2. The van der Waals surface area contributed by atoms with E-state index in [-0.39, 0.29) is 31.2 Å². The van der Waals surface area contributed by atoms with Crippen molar-refractivity contribution in [3.63, 3.8) is 0 Å². The van der Waals surface area contributed by atoms with Crippen LogP contribution < -0.4 is 24.8 Å². The van der Waals surface area contributed by atoms with Crippen molar-refractivity contribution in [2.24, 2.45) is 17.8 Å². The fourth-order valence-corrected chi connectivity index (χ4v) is 10.0. The molecule has 0 radical (unpaired) electrons. The maximum absolute atomic E-state index is 15.2. The molecule has 4 amide bonds. The van der Waals surface area contributed by atoms with E-state index in [9.17, 15) is 36.0 Å². The van der Waals surface area contributed by atoms with E-state index in [4.69, 9.17) is 24.3 Å². The maximum Gasteiger partial charge on any atom is 0.427 e. The number of nitrogens with zero attached hydrogens (tertiary/aromatic N) is 4. The van der Waals surface area contributed by atoms with Crippen molar-refractivity contribution in [2.45, 2.75) is 146 Å². The number of carbonyl (C=O) groups is 4. The Morgan fingerprint density at radius 3 is 2.45 bits per heavy atom. The molecule has 2 saturated carbocycles. The molecule has 7 rings (SSSR count). The van der Waals surface area contributed by atoms with Crippen molar-refractivity contribution >= 4 is 44.7 Å². The molecular weight excluding hydrogens is 884 g/mol. The summed E-state index contributed by atoms with van der Waals surface area (Å²) in [5.74, 6) is -2.30. The van der Waals surface area contributed by atoms with Crippen molar-refractivity contribution in [3.8, 4) is 17.3 Å². The highest BCUT2D eigenvalue weighted by molar-refractivity contribution is 7.91. The van der Waals surface area contributed by atoms with E-state index in [2.05, 4.69) is 15.4 Å². The first-order valence-electron chi connectivity index (χ1n) is 22.5. The summed E-state index contributed by atoms with van der Waals surface area (Å²) in [6.45, 7) is 10.5. The van der Waals surface area contributed by atoms with Gasteiger partial charge in [-0.1, -0.05) is 46.3 Å². The van der Waals surface area contributed by atoms with Crippen LogP contribution in [0, 0.1) is 17.8 Å². The molecule has 1 aromatic carbocycles. The third-order valence-corrected chi connectivity index (χ3v) is 15.8. The zero-order chi connectivity index (χ0) is 48.1. The molecule has 3 fully saturated rings. The predicted octanol–water partition coefficient (Wildman–Crippen LogP) is 6.61. The van der Waals surface area contributed by atoms with E-state index < -0.39 is 85.9 Å². The summed E-state index contributed by atoms with van der Waals surface area (Å²) in [7, 11) is -2.58. The Bertz CT molecular complexity index is 2510. The molecule has 20 heteroatoms. The normalized spacial score (nSPS) is 27.4. The number of alkyl halides is 3. The molecule has 2 aliphatic carbocycles. The molecule has 2 aromatic heterocycles. The van der Waals surface area contributed by atoms with Gasteiger partial charge in [0.15, 0.2) is 5.82 Å². The summed E-state index contributed by atoms with van der Waals surface area (Å²) in [6.07, 6.45) is 0.680. The topological polar surface area (TPSA) is 200 Å². The Morgan fingerprint density at radius 2 is 1.82 bits per heavy atom. The molecule has 3 aromatic rings. The second-order valence-electron chi connectivity index (χ2n) is 19.4. The molecule has 7 atom stereocenters. The van der Waals surface area contributed by atoms with Gasteiger partial charge in [0.25, 0.3) is 5.91 Å². The van der Waals surface area contributed by atoms with Gasteiger partial charge in [0, 0.05) is 36.1 Å². The van der Waals surface area contributed by atoms with Gasteiger partial charge in [0.2, 0.25) is 27.4 Å². The Kier molecular flexibility index (Phi) is 13.2. The first kappa shape index (κ1) is 48.5. The van der Waals surface area contributed by atoms with Crippen LogP contribution in [0.15, 0.2) is 48.7 Å². The van der Waals surface area contributed by atoms with Gasteiger partial charge in [-0.05, 0) is 95.2 Å². The Balaban J connectivity index is 1.28. The van der Waals surface area contributed by atoms with Crippen LogP contribution >= 0.6 is 0 Å². The van der Waals surface area contributed by atoms with Crippen LogP contribution in [-0.2, 0) is 29.1 Å². The molecule has 0 unspecified atom stereocenters. The number of sulfonamides is 1. The van der Waals surface area contributed by atoms with E-state index in [0.29, 0.717) is 80.6 Å². The highest BCUT2D eigenvalue weighted by Gasteiger charge is 2.63. The maximum atomic E-state index is 15.2. The first-order valence-corrected chi connectivity index (χ1v) is 24.0. The number of aromatic nitrogens is 3. The van der Waals surface area contributed by atoms with Crippen molar-refractivity contribution in [2.75, 3.05) is 13.7 Å². The number of hydrogen-bond acceptors (Lipinski definition) is 11. The van der Waals surface area contributed by atoms with Gasteiger partial charge in [-0.3, -0.25) is 19.1 Å². The van der Waals surface area contributed by atoms with Crippen LogP contribution in [0.25, 0.3) is 16.7 Å². The Labute approximate surface area is 382 Å². The zero-order valence-corrected chi connectivity index (χ0v) is 39.3. The van der Waals surface area contributed by atoms with Crippen LogP contribution in [0.5, 0.6) is 11.5 Å². The van der Waals surface area contributed by atoms with Gasteiger partial charge in [-0.2, -0.15) is 18.3 Å². The number of allylic oxidation sites excluding steroid dienone is 1. The standard InChI is InChI=1S/C46H60F3N7O9S/c1-9-28-20-27(4)12-10-11-13-29-24-45(29,41(59)54-66(61,62)44(7)17-18-44)52-39(57)35-22-31(25-55(35)40(58)38(28)51-42(60)65-43(5,6)46(47,48)49)64-36-23-37(56-19-16-33(53-56)26(2)3)50-34-21-30(63-8)14-15-32(34)36/h11,13-16,19,21,23,26-29,31,35,38H,9-10,12,17-18,20,22,24-25H2,1-8H3,(H,51,60)(H,52,57)(H,54,59)/b13-11-/t27-,28-,29-,31-,35+,38+,45-/m1/s1. The second-order valence-corrected chi connectivity index (χ2v) is 21.6. The van der Waals surface area contributed by atoms with Crippen molar-refractivity contribution in [1.29, 1.82) is 0 Å². The first-order chi connectivity index (χ1) is 30.9. The number of hydrogen-bond donors (Lipinski definition) is 3. The fourth-order valence-electron chi connectivity index (χ4n) is 8.72. The van der Waals surface area contributed by atoms with Gasteiger partial charge in [-0.25, -0.2) is 22.9 Å². The number of ether oxygens (including phenoxy) is 3. The lowest BCUT2D eigenvalue weighted by molar-refractivity contribution is -0.244. The lowest BCUT2D eigenvalue weighted by Crippen LogP contribution is -2.60. The second kappa shape index (κ2) is 18.0. The van der Waals surface area contributed by atoms with Gasteiger partial charge < -0.3 is 29.7 Å². The number of rotatable bonds is 11. The summed E-state index contributed by atoms with van der Waals surface area (Å²) in [4.78, 5) is 63.6. The molecule has 66 heavy (non-hydrogen) atoms. The largest absolute Gasteiger partial charge is 0.497 e. The van der Waals surface area contributed by atoms with E-state index in [1.165, 1.54) is 12.0 Å². The van der Waals surface area contributed by atoms with Crippen LogP contribution in [0.1, 0.15) is 111 Å². The van der Waals surface area contributed by atoms with E-state index >= 15 is 4.79 Å². The summed E-state index contributed by atoms with van der Waals surface area (Å²) < 4.78 is 88.3. The third-order valence-electron chi connectivity index (χ3n) is 13.6. The minimum Gasteiger partial charge on any atom is -0.497 e. The molecule has 4 heterocycles. The summed E-state index contributed by atoms with van der Waals surface area (Å²) in [5, 5.41) is 10.6. The van der Waals surface area contributed by atoms with E-state index in [1.807, 2.05) is 32.9 Å². The van der Waals surface area contributed by atoms with Crippen LogP contribution in [0.4, 0.5) is 18.0 Å². The van der Waals surface area contributed by atoms with Gasteiger partial charge in [-0.15, -0.1) is 0 Å². The molecule has 1 saturated heterocycles. The van der Waals surface area contributed by atoms with Crippen LogP contribution in [0.2, 0.25) is 0 Å². The number of nitrogens with one attached hydrogen (secondary N) is 3. The molecule has 360 valence electrons. The molecule has 16 nitrogen and oxygen atoms in total. The molecule has 3 N–H and O–H groups in total. The number of benzene rings is 1. The Hall–Kier alpha value is -5.40. The van der Waals surface area contributed by atoms with E-state index in [1.54, 1.807) is 55.1 Å². The number of fused-ring (bicyclic) bond motifs is 3. The zero-order valence-electron chi connectivity index (χ0n) is 38.5. The highest BCUT2D eigenvalue weighted by Crippen LogP contribution is 2.48. The van der Waals surface area contributed by atoms with Gasteiger partial charge in [0.05, 0.1) is 29.6 Å². The lowest BCUT2D eigenvalue weighted by atomic mass is 9.85. The average molecular weight is 944 g/mol. The minimum atomic E-state index is -4.93. The SMILES string of the molecule is CC[C@@H]1C[C@H](C)CC/C=C\[C@@H]2C[C@@]2(C(=O)NS(=O)(=O)C2(C)CC2)NC(=O)[C@@H]2C[C@@H](Oc3cc(-n4ccc(C(C)C)n4)nc4cc(OC)ccc34)CN2C(=O)[C@H]1NC(=O)OC(C)(C)C(F)(F)F. The lowest BCUT2D eigenvalue weighted by Gasteiger charge is -2.35. The van der Waals surface area contributed by atoms with Gasteiger partial charge >= 0.3 is 12.3 Å². The molecular formula is C46H60F3N7O9S. The number of amides is 4. The molecule has 4 aliphatic rings. The number of methoxy groups -OCH3 is 1. The van der Waals surface area contributed by atoms with Gasteiger partial charge in [0.1, 0.15) is 35.2 Å². The summed E-state index contributed by atoms with van der Waals surface area (Å²) >= 11 is 0. The predicted molar refractivity (Wildman–Crippen MR) is 237 cm³/mol. The average Bonchev–Trinajstić information content (AvgIpc) is 4.02. The quantitative estimate of drug-likeness (QED) is 0.175. The van der Waals surface area contributed by atoms with Crippen molar-refractivity contribution in [3.05, 3.63) is 54.4 Å². The Morgan fingerprint density at radius 1 is 1.09 bits per heavy atom. The third kappa shape index (κ3) is 9.83. The summed E-state index contributed by atoms with van der Waals surface area (Å²) in [6, 6.07) is 5.97. The van der Waals surface area contributed by atoms with Crippen molar-refractivity contribution < 1.29 is 55.0 Å². The summed E-state index contributed by atoms with van der Waals surface area (Å²) in [5.41, 5.74) is -3.26. The number of pyridine rings is 1. The van der Waals surface area contributed by atoms with Crippen molar-refractivity contribution in [1.82, 2.24) is 35.0 Å². The number of halogens is 3. The number of carbonyl (C=O) groups excluding carboxylic acids is 4. The molecule has 0 bridgehead atoms. The van der Waals surface area contributed by atoms with Crippen LogP contribution in [0.3, 0.4) is 0 Å². The van der Waals surface area contributed by atoms with E-state index in [0.717, 1.165) is 5.69 Å². The molecule has 2 aliphatic heterocycles. The monoisotopic (exact) mass is 943 g/mol. The number of alkyl carbamates (subject to hydrolysis) is 1. The van der Waals surface area contributed by atoms with Crippen LogP contribution in [-0.4, -0.2) is 106 Å². The smallest absolute Gasteiger partial charge is 0.427 e.